The maximum atomic E-state index is 13.2. The fourth-order valence-electron chi connectivity index (χ4n) is 2.94. The number of halogens is 3. The van der Waals surface area contributed by atoms with Gasteiger partial charge in [0, 0.05) is 18.2 Å². The predicted octanol–water partition coefficient (Wildman–Crippen LogP) is 3.87. The number of aromatic nitrogens is 2. The van der Waals surface area contributed by atoms with E-state index in [1.165, 1.54) is 18.2 Å². The average molecular weight is 385 g/mol. The number of rotatable bonds is 7. The first-order chi connectivity index (χ1) is 12.6. The molecule has 0 bridgehead atoms. The van der Waals surface area contributed by atoms with E-state index in [0.717, 1.165) is 4.57 Å². The van der Waals surface area contributed by atoms with Crippen LogP contribution in [-0.2, 0) is 11.0 Å². The second kappa shape index (κ2) is 7.98. The van der Waals surface area contributed by atoms with Crippen LogP contribution >= 0.6 is 0 Å². The van der Waals surface area contributed by atoms with Crippen molar-refractivity contribution in [3.8, 4) is 0 Å². The van der Waals surface area contributed by atoms with Gasteiger partial charge in [-0.2, -0.15) is 13.2 Å². The molecule has 2 rings (SSSR count). The molecule has 1 atom stereocenters. The number of alkyl halides is 3. The van der Waals surface area contributed by atoms with Gasteiger partial charge in [-0.3, -0.25) is 9.59 Å². The highest BCUT2D eigenvalue weighted by molar-refractivity contribution is 5.97. The first kappa shape index (κ1) is 20.7. The van der Waals surface area contributed by atoms with Crippen molar-refractivity contribution < 1.29 is 27.9 Å². The Morgan fingerprint density at radius 1 is 1.30 bits per heavy atom. The molecule has 0 aliphatic carbocycles. The topological polar surface area (TPSA) is 84.2 Å². The number of carbonyl (C=O) groups is 2. The highest BCUT2D eigenvalue weighted by Gasteiger charge is 2.38. The zero-order valence-corrected chi connectivity index (χ0v) is 15.3. The van der Waals surface area contributed by atoms with Gasteiger partial charge in [0.05, 0.1) is 17.0 Å². The van der Waals surface area contributed by atoms with Crippen LogP contribution in [0.25, 0.3) is 11.0 Å². The number of fused-ring (bicyclic) bond motifs is 1. The van der Waals surface area contributed by atoms with E-state index in [-0.39, 0.29) is 23.1 Å². The first-order valence-corrected chi connectivity index (χ1v) is 8.66. The van der Waals surface area contributed by atoms with E-state index in [0.29, 0.717) is 12.8 Å². The van der Waals surface area contributed by atoms with Crippen LogP contribution in [-0.4, -0.2) is 33.1 Å². The number of carboxylic acid groups (broad SMARTS) is 1. The van der Waals surface area contributed by atoms with Crippen molar-refractivity contribution in [2.24, 2.45) is 5.92 Å². The van der Waals surface area contributed by atoms with Gasteiger partial charge in [0.25, 0.3) is 5.91 Å². The van der Waals surface area contributed by atoms with Crippen molar-refractivity contribution in [1.29, 1.82) is 0 Å². The van der Waals surface area contributed by atoms with Crippen LogP contribution in [0.15, 0.2) is 18.2 Å². The van der Waals surface area contributed by atoms with Gasteiger partial charge in [0.15, 0.2) is 0 Å². The molecule has 6 nitrogen and oxygen atoms in total. The van der Waals surface area contributed by atoms with Crippen molar-refractivity contribution in [1.82, 2.24) is 14.9 Å². The lowest BCUT2D eigenvalue weighted by molar-refractivity contribution is -0.147. The highest BCUT2D eigenvalue weighted by atomic mass is 19.4. The Bertz CT molecular complexity index is 843. The van der Waals surface area contributed by atoms with Gasteiger partial charge in [0.1, 0.15) is 0 Å². The molecule has 27 heavy (non-hydrogen) atoms. The molecule has 1 heterocycles. The van der Waals surface area contributed by atoms with Crippen molar-refractivity contribution in [3.63, 3.8) is 0 Å². The SMILES string of the molecule is CCCC(CNC(=O)c1ccc2c(c1)nc(C(F)(F)F)n2C(C)C)C(=O)O. The van der Waals surface area contributed by atoms with Gasteiger partial charge in [-0.25, -0.2) is 4.98 Å². The van der Waals surface area contributed by atoms with Crippen LogP contribution in [0.4, 0.5) is 13.2 Å². The van der Waals surface area contributed by atoms with Crippen molar-refractivity contribution >= 4 is 22.9 Å². The summed E-state index contributed by atoms with van der Waals surface area (Å²) >= 11 is 0. The van der Waals surface area contributed by atoms with E-state index in [4.69, 9.17) is 5.11 Å². The molecule has 0 saturated carbocycles. The van der Waals surface area contributed by atoms with Crippen LogP contribution in [0.1, 0.15) is 55.8 Å². The molecule has 0 radical (unpaired) electrons. The Kier molecular flexibility index (Phi) is 6.12. The minimum absolute atomic E-state index is 0.0473. The Morgan fingerprint density at radius 2 is 1.96 bits per heavy atom. The largest absolute Gasteiger partial charge is 0.481 e. The molecule has 0 spiro atoms. The number of amides is 1. The third kappa shape index (κ3) is 4.58. The van der Waals surface area contributed by atoms with Crippen molar-refractivity contribution in [2.75, 3.05) is 6.54 Å². The van der Waals surface area contributed by atoms with Crippen LogP contribution in [0.3, 0.4) is 0 Å². The van der Waals surface area contributed by atoms with Gasteiger partial charge < -0.3 is 15.0 Å². The number of aliphatic carboxylic acids is 1. The number of carboxylic acids is 1. The van der Waals surface area contributed by atoms with Gasteiger partial charge in [-0.05, 0) is 38.5 Å². The zero-order valence-electron chi connectivity index (χ0n) is 15.3. The standard InChI is InChI=1S/C18H22F3N3O3/c1-4-5-12(16(26)27)9-22-15(25)11-6-7-14-13(8-11)23-17(18(19,20)21)24(14)10(2)3/h6-8,10,12H,4-5,9H2,1-3H3,(H,22,25)(H,26,27). The minimum Gasteiger partial charge on any atom is -0.481 e. The summed E-state index contributed by atoms with van der Waals surface area (Å²) in [5, 5.41) is 11.6. The monoisotopic (exact) mass is 385 g/mol. The van der Waals surface area contributed by atoms with E-state index in [2.05, 4.69) is 10.3 Å². The molecule has 9 heteroatoms. The van der Waals surface area contributed by atoms with E-state index in [1.807, 2.05) is 6.92 Å². The molecule has 2 N–H and O–H groups in total. The molecule has 1 amide bonds. The number of nitrogens with one attached hydrogen (secondary N) is 1. The molecular formula is C18H22F3N3O3. The Hall–Kier alpha value is -2.58. The number of benzene rings is 1. The number of imidazole rings is 1. The molecule has 0 fully saturated rings. The third-order valence-corrected chi connectivity index (χ3v) is 4.22. The normalized spacial score (nSPS) is 13.1. The number of carbonyl (C=O) groups excluding carboxylic acids is 1. The summed E-state index contributed by atoms with van der Waals surface area (Å²) in [6.07, 6.45) is -3.53. The minimum atomic E-state index is -4.61. The zero-order chi connectivity index (χ0) is 20.4. The van der Waals surface area contributed by atoms with Crippen LogP contribution in [0.5, 0.6) is 0 Å². The summed E-state index contributed by atoms with van der Waals surface area (Å²) in [5.41, 5.74) is 0.473. The van der Waals surface area contributed by atoms with E-state index in [1.54, 1.807) is 13.8 Å². The highest BCUT2D eigenvalue weighted by Crippen LogP contribution is 2.33. The average Bonchev–Trinajstić information content (AvgIpc) is 2.97. The summed E-state index contributed by atoms with van der Waals surface area (Å²) in [6, 6.07) is 3.66. The molecule has 1 unspecified atom stereocenters. The maximum Gasteiger partial charge on any atom is 0.449 e. The number of hydrogen-bond acceptors (Lipinski definition) is 3. The lowest BCUT2D eigenvalue weighted by atomic mass is 10.0. The molecule has 0 saturated heterocycles. The summed E-state index contributed by atoms with van der Waals surface area (Å²) < 4.78 is 40.8. The molecule has 1 aromatic heterocycles. The van der Waals surface area contributed by atoms with Gasteiger partial charge >= 0.3 is 12.1 Å². The smallest absolute Gasteiger partial charge is 0.449 e. The lowest BCUT2D eigenvalue weighted by Crippen LogP contribution is -2.32. The summed E-state index contributed by atoms with van der Waals surface area (Å²) in [6.45, 7) is 5.04. The van der Waals surface area contributed by atoms with Crippen LogP contribution in [0, 0.1) is 5.92 Å². The molecule has 2 aromatic rings. The lowest BCUT2D eigenvalue weighted by Gasteiger charge is -2.14. The van der Waals surface area contributed by atoms with Crippen LogP contribution < -0.4 is 5.32 Å². The summed E-state index contributed by atoms with van der Waals surface area (Å²) in [7, 11) is 0. The van der Waals surface area contributed by atoms with Gasteiger partial charge in [-0.15, -0.1) is 0 Å². The number of hydrogen-bond donors (Lipinski definition) is 2. The summed E-state index contributed by atoms with van der Waals surface area (Å²) in [5.74, 6) is -3.27. The molecular weight excluding hydrogens is 363 g/mol. The van der Waals surface area contributed by atoms with E-state index < -0.39 is 35.8 Å². The second-order valence-corrected chi connectivity index (χ2v) is 6.63. The molecule has 148 valence electrons. The predicted molar refractivity (Wildman–Crippen MR) is 93.5 cm³/mol. The van der Waals surface area contributed by atoms with Gasteiger partial charge in [0.2, 0.25) is 5.82 Å². The van der Waals surface area contributed by atoms with Crippen molar-refractivity contribution in [2.45, 2.75) is 45.8 Å². The fraction of sp³-hybridized carbons (Fsp3) is 0.500. The maximum absolute atomic E-state index is 13.2. The molecule has 1 aromatic carbocycles. The number of nitrogens with zero attached hydrogens (tertiary/aromatic N) is 2. The Morgan fingerprint density at radius 3 is 2.48 bits per heavy atom. The second-order valence-electron chi connectivity index (χ2n) is 6.63. The molecule has 0 aliphatic heterocycles. The summed E-state index contributed by atoms with van der Waals surface area (Å²) in [4.78, 5) is 27.1. The molecule has 0 aliphatic rings. The quantitative estimate of drug-likeness (QED) is 0.758. The van der Waals surface area contributed by atoms with E-state index >= 15 is 0 Å². The third-order valence-electron chi connectivity index (χ3n) is 4.22. The Balaban J connectivity index is 2.30. The first-order valence-electron chi connectivity index (χ1n) is 8.66. The van der Waals surface area contributed by atoms with Gasteiger partial charge in [-0.1, -0.05) is 13.3 Å². The Labute approximate surface area is 154 Å². The van der Waals surface area contributed by atoms with Crippen LogP contribution in [0.2, 0.25) is 0 Å². The van der Waals surface area contributed by atoms with E-state index in [9.17, 15) is 22.8 Å². The fourth-order valence-corrected chi connectivity index (χ4v) is 2.94. The van der Waals surface area contributed by atoms with Crippen molar-refractivity contribution in [3.05, 3.63) is 29.6 Å².